The zero-order valence-corrected chi connectivity index (χ0v) is 16.4. The SMILES string of the molecule is O=C(NCc1ccc(Cl)cc1)c1cn2c3c(cc(C#CCO)cc3c1=O)NCC2=O. The van der Waals surface area contributed by atoms with Crippen molar-refractivity contribution in [2.75, 3.05) is 18.5 Å². The Balaban J connectivity index is 1.77. The number of carbonyl (C=O) groups is 2. The Morgan fingerprint density at radius 3 is 2.73 bits per heavy atom. The first-order chi connectivity index (χ1) is 14.5. The fourth-order valence-electron chi connectivity index (χ4n) is 3.31. The van der Waals surface area contributed by atoms with Crippen molar-refractivity contribution in [3.8, 4) is 11.8 Å². The van der Waals surface area contributed by atoms with E-state index in [9.17, 15) is 14.4 Å². The lowest BCUT2D eigenvalue weighted by molar-refractivity contribution is 0.0929. The summed E-state index contributed by atoms with van der Waals surface area (Å²) >= 11 is 5.86. The van der Waals surface area contributed by atoms with Crippen molar-refractivity contribution in [3.05, 3.63) is 74.5 Å². The molecule has 1 aliphatic heterocycles. The van der Waals surface area contributed by atoms with Gasteiger partial charge in [-0.2, -0.15) is 0 Å². The zero-order chi connectivity index (χ0) is 21.3. The van der Waals surface area contributed by atoms with Crippen LogP contribution in [0.1, 0.15) is 26.3 Å². The second kappa shape index (κ2) is 8.03. The van der Waals surface area contributed by atoms with Gasteiger partial charge in [-0.25, -0.2) is 0 Å². The van der Waals surface area contributed by atoms with Gasteiger partial charge in [0.05, 0.1) is 23.1 Å². The van der Waals surface area contributed by atoms with Gasteiger partial charge in [0.25, 0.3) is 5.91 Å². The molecule has 8 heteroatoms. The number of benzene rings is 2. The van der Waals surface area contributed by atoms with E-state index in [4.69, 9.17) is 16.7 Å². The lowest BCUT2D eigenvalue weighted by Gasteiger charge is -2.21. The third-order valence-corrected chi connectivity index (χ3v) is 4.97. The quantitative estimate of drug-likeness (QED) is 0.561. The van der Waals surface area contributed by atoms with Crippen LogP contribution in [-0.2, 0) is 6.54 Å². The second-order valence-electron chi connectivity index (χ2n) is 6.68. The smallest absolute Gasteiger partial charge is 0.257 e. The van der Waals surface area contributed by atoms with E-state index in [-0.39, 0.29) is 36.6 Å². The number of amides is 1. The summed E-state index contributed by atoms with van der Waals surface area (Å²) in [5.74, 6) is 4.43. The van der Waals surface area contributed by atoms with Crippen molar-refractivity contribution in [1.82, 2.24) is 9.88 Å². The highest BCUT2D eigenvalue weighted by molar-refractivity contribution is 6.30. The number of nitrogens with zero attached hydrogens (tertiary/aromatic N) is 1. The summed E-state index contributed by atoms with van der Waals surface area (Å²) in [4.78, 5) is 38.2. The number of pyridine rings is 1. The molecule has 0 spiro atoms. The predicted molar refractivity (Wildman–Crippen MR) is 114 cm³/mol. The van der Waals surface area contributed by atoms with Crippen molar-refractivity contribution in [2.24, 2.45) is 0 Å². The van der Waals surface area contributed by atoms with Gasteiger partial charge in [0.2, 0.25) is 11.3 Å². The van der Waals surface area contributed by atoms with Gasteiger partial charge in [-0.1, -0.05) is 35.6 Å². The molecule has 0 saturated heterocycles. The van der Waals surface area contributed by atoms with Gasteiger partial charge in [-0.3, -0.25) is 19.0 Å². The average molecular weight is 422 g/mol. The van der Waals surface area contributed by atoms with Gasteiger partial charge in [0.15, 0.2) is 0 Å². The molecule has 4 rings (SSSR count). The average Bonchev–Trinajstić information content (AvgIpc) is 2.75. The third-order valence-electron chi connectivity index (χ3n) is 4.72. The number of rotatable bonds is 3. The molecule has 0 atom stereocenters. The van der Waals surface area contributed by atoms with Crippen LogP contribution in [0.15, 0.2) is 47.4 Å². The molecule has 1 amide bonds. The number of anilines is 1. The first kappa shape index (κ1) is 19.7. The highest BCUT2D eigenvalue weighted by atomic mass is 35.5. The van der Waals surface area contributed by atoms with Gasteiger partial charge >= 0.3 is 0 Å². The highest BCUT2D eigenvalue weighted by Gasteiger charge is 2.23. The van der Waals surface area contributed by atoms with Crippen molar-refractivity contribution in [3.63, 3.8) is 0 Å². The first-order valence-corrected chi connectivity index (χ1v) is 9.48. The summed E-state index contributed by atoms with van der Waals surface area (Å²) < 4.78 is 1.32. The number of aliphatic hydroxyl groups is 1. The van der Waals surface area contributed by atoms with Crippen LogP contribution in [0.25, 0.3) is 10.9 Å². The Bertz CT molecular complexity index is 1300. The molecule has 0 saturated carbocycles. The minimum atomic E-state index is -0.583. The van der Waals surface area contributed by atoms with Gasteiger partial charge in [0, 0.05) is 23.3 Å². The number of halogens is 1. The first-order valence-electron chi connectivity index (χ1n) is 9.11. The molecule has 1 aromatic heterocycles. The van der Waals surface area contributed by atoms with E-state index in [0.717, 1.165) is 5.56 Å². The van der Waals surface area contributed by atoms with E-state index in [1.165, 1.54) is 16.8 Å². The van der Waals surface area contributed by atoms with Crippen molar-refractivity contribution < 1.29 is 14.7 Å². The number of aliphatic hydroxyl groups excluding tert-OH is 1. The summed E-state index contributed by atoms with van der Waals surface area (Å²) in [5, 5.41) is 15.4. The largest absolute Gasteiger partial charge is 0.384 e. The zero-order valence-electron chi connectivity index (χ0n) is 15.7. The Morgan fingerprint density at radius 1 is 1.23 bits per heavy atom. The molecule has 150 valence electrons. The van der Waals surface area contributed by atoms with Crippen LogP contribution < -0.4 is 16.1 Å². The highest BCUT2D eigenvalue weighted by Crippen LogP contribution is 2.27. The number of nitrogens with one attached hydrogen (secondary N) is 2. The third kappa shape index (κ3) is 3.66. The minimum absolute atomic E-state index is 0.0215. The van der Waals surface area contributed by atoms with Gasteiger partial charge in [-0.05, 0) is 29.8 Å². The molecule has 2 heterocycles. The fraction of sp³-hybridized carbons (Fsp3) is 0.136. The molecule has 0 radical (unpaired) electrons. The minimum Gasteiger partial charge on any atom is -0.384 e. The summed E-state index contributed by atoms with van der Waals surface area (Å²) in [6.07, 6.45) is 1.29. The van der Waals surface area contributed by atoms with Gasteiger partial charge in [-0.15, -0.1) is 0 Å². The topological polar surface area (TPSA) is 100 Å². The summed E-state index contributed by atoms with van der Waals surface area (Å²) in [5.41, 5.74) is 1.65. The van der Waals surface area contributed by atoms with E-state index < -0.39 is 11.3 Å². The number of hydrogen-bond donors (Lipinski definition) is 3. The summed E-state index contributed by atoms with van der Waals surface area (Å²) in [7, 11) is 0. The Kier molecular flexibility index (Phi) is 5.27. The van der Waals surface area contributed by atoms with Gasteiger partial charge in [0.1, 0.15) is 12.2 Å². The molecular weight excluding hydrogens is 406 g/mol. The number of hydrogen-bond acceptors (Lipinski definition) is 5. The lowest BCUT2D eigenvalue weighted by atomic mass is 10.0. The van der Waals surface area contributed by atoms with E-state index >= 15 is 0 Å². The number of carbonyl (C=O) groups excluding carboxylic acids is 2. The van der Waals surface area contributed by atoms with Gasteiger partial charge < -0.3 is 15.7 Å². The molecule has 3 N–H and O–H groups in total. The van der Waals surface area contributed by atoms with E-state index in [1.807, 2.05) is 0 Å². The Morgan fingerprint density at radius 2 is 2.00 bits per heavy atom. The summed E-state index contributed by atoms with van der Waals surface area (Å²) in [6.45, 7) is -0.0966. The van der Waals surface area contributed by atoms with Crippen LogP contribution in [0.3, 0.4) is 0 Å². The molecular formula is C22H16ClN3O4. The molecule has 0 aliphatic carbocycles. The standard InChI is InChI=1S/C22H16ClN3O4/c23-15-5-3-13(4-6-15)10-25-22(30)17-12-26-19(28)11-24-18-9-14(2-1-7-27)8-16(20(18)26)21(17)29/h3-6,8-9,12,24,27H,7,10-11H2,(H,25,30). The molecule has 7 nitrogen and oxygen atoms in total. The Labute approximate surface area is 176 Å². The van der Waals surface area contributed by atoms with Crippen LogP contribution in [0.2, 0.25) is 5.02 Å². The maximum absolute atomic E-state index is 13.1. The maximum Gasteiger partial charge on any atom is 0.257 e. The lowest BCUT2D eigenvalue weighted by Crippen LogP contribution is -2.33. The molecule has 2 aromatic carbocycles. The summed E-state index contributed by atoms with van der Waals surface area (Å²) in [6, 6.07) is 10.2. The van der Waals surface area contributed by atoms with E-state index in [0.29, 0.717) is 21.8 Å². The van der Waals surface area contributed by atoms with Crippen LogP contribution in [0, 0.1) is 11.8 Å². The van der Waals surface area contributed by atoms with Crippen LogP contribution in [0.5, 0.6) is 0 Å². The second-order valence-corrected chi connectivity index (χ2v) is 7.11. The molecule has 30 heavy (non-hydrogen) atoms. The van der Waals surface area contributed by atoms with Crippen molar-refractivity contribution in [1.29, 1.82) is 0 Å². The Hall–Kier alpha value is -3.60. The van der Waals surface area contributed by atoms with Crippen LogP contribution in [-0.4, -0.2) is 34.6 Å². The maximum atomic E-state index is 13.1. The molecule has 0 bridgehead atoms. The normalized spacial score (nSPS) is 12.1. The van der Waals surface area contributed by atoms with Crippen molar-refractivity contribution >= 4 is 40.0 Å². The van der Waals surface area contributed by atoms with E-state index in [1.54, 1.807) is 30.3 Å². The molecule has 0 fully saturated rings. The monoisotopic (exact) mass is 421 g/mol. The van der Waals surface area contributed by atoms with Crippen LogP contribution in [0.4, 0.5) is 5.69 Å². The molecule has 0 unspecified atom stereocenters. The number of aromatic nitrogens is 1. The fourth-order valence-corrected chi connectivity index (χ4v) is 3.43. The van der Waals surface area contributed by atoms with Crippen molar-refractivity contribution in [2.45, 2.75) is 6.54 Å². The van der Waals surface area contributed by atoms with Crippen LogP contribution >= 0.6 is 11.6 Å². The molecule has 1 aliphatic rings. The molecule has 3 aromatic rings. The van der Waals surface area contributed by atoms with E-state index in [2.05, 4.69) is 22.5 Å². The predicted octanol–water partition coefficient (Wildman–Crippen LogP) is 1.99.